The van der Waals surface area contributed by atoms with Crippen LogP contribution < -0.4 is 10.6 Å². The minimum atomic E-state index is -0.0569. The number of benzene rings is 1. The Balaban J connectivity index is 1.57. The van der Waals surface area contributed by atoms with Gasteiger partial charge in [0.05, 0.1) is 6.04 Å². The van der Waals surface area contributed by atoms with E-state index in [9.17, 15) is 4.79 Å². The molecule has 2 heterocycles. The number of carbonyl (C=O) groups excluding carboxylic acids is 1. The molecule has 1 amide bonds. The Morgan fingerprint density at radius 3 is 2.91 bits per heavy atom. The quantitative estimate of drug-likeness (QED) is 0.893. The summed E-state index contributed by atoms with van der Waals surface area (Å²) in [5, 5.41) is 6.68. The molecule has 3 atom stereocenters. The number of fused-ring (bicyclic) bond motifs is 1. The maximum atomic E-state index is 12.6. The number of piperidine rings is 1. The van der Waals surface area contributed by atoms with E-state index >= 15 is 0 Å². The summed E-state index contributed by atoms with van der Waals surface area (Å²) in [5.41, 5.74) is 2.79. The maximum absolute atomic E-state index is 12.6. The van der Waals surface area contributed by atoms with Gasteiger partial charge in [-0.15, -0.1) is 0 Å². The average molecular weight is 301 g/mol. The Morgan fingerprint density at radius 1 is 1.36 bits per heavy atom. The summed E-state index contributed by atoms with van der Waals surface area (Å²) >= 11 is 0. The minimum Gasteiger partial charge on any atom is -0.352 e. The molecule has 22 heavy (non-hydrogen) atoms. The van der Waals surface area contributed by atoms with Crippen LogP contribution in [-0.2, 0) is 17.8 Å². The third-order valence-electron chi connectivity index (χ3n) is 5.06. The van der Waals surface area contributed by atoms with Crippen LogP contribution in [0.1, 0.15) is 37.8 Å². The fraction of sp³-hybridized carbons (Fsp3) is 0.611. The summed E-state index contributed by atoms with van der Waals surface area (Å²) < 4.78 is 0. The zero-order valence-corrected chi connectivity index (χ0v) is 13.6. The lowest BCUT2D eigenvalue weighted by molar-refractivity contribution is -0.127. The van der Waals surface area contributed by atoms with Crippen LogP contribution in [-0.4, -0.2) is 42.0 Å². The fourth-order valence-corrected chi connectivity index (χ4v) is 3.60. The molecule has 1 saturated heterocycles. The molecule has 0 aromatic heterocycles. The number of carbonyl (C=O) groups is 1. The summed E-state index contributed by atoms with van der Waals surface area (Å²) in [4.78, 5) is 14.8. The van der Waals surface area contributed by atoms with Crippen molar-refractivity contribution in [2.24, 2.45) is 0 Å². The molecule has 0 aliphatic carbocycles. The largest absolute Gasteiger partial charge is 0.352 e. The predicted octanol–water partition coefficient (Wildman–Crippen LogP) is 1.69. The van der Waals surface area contributed by atoms with Gasteiger partial charge in [-0.05, 0) is 50.8 Å². The first-order chi connectivity index (χ1) is 10.6. The molecule has 2 aliphatic heterocycles. The second-order valence-corrected chi connectivity index (χ2v) is 6.75. The Morgan fingerprint density at radius 2 is 2.14 bits per heavy atom. The van der Waals surface area contributed by atoms with Gasteiger partial charge in [-0.25, -0.2) is 0 Å². The van der Waals surface area contributed by atoms with Crippen LogP contribution in [0.2, 0.25) is 0 Å². The normalized spacial score (nSPS) is 27.0. The van der Waals surface area contributed by atoms with Crippen LogP contribution in [0.15, 0.2) is 24.3 Å². The first-order valence-corrected chi connectivity index (χ1v) is 8.48. The molecule has 2 aliphatic rings. The van der Waals surface area contributed by atoms with Crippen molar-refractivity contribution in [3.8, 4) is 0 Å². The van der Waals surface area contributed by atoms with E-state index in [4.69, 9.17) is 0 Å². The molecule has 4 heteroatoms. The van der Waals surface area contributed by atoms with Crippen LogP contribution in [0.5, 0.6) is 0 Å². The van der Waals surface area contributed by atoms with Crippen molar-refractivity contribution >= 4 is 5.91 Å². The second kappa shape index (κ2) is 6.80. The van der Waals surface area contributed by atoms with Crippen LogP contribution in [0.3, 0.4) is 0 Å². The van der Waals surface area contributed by atoms with E-state index in [0.29, 0.717) is 12.1 Å². The summed E-state index contributed by atoms with van der Waals surface area (Å²) in [6.45, 7) is 7.07. The third kappa shape index (κ3) is 3.50. The molecule has 1 fully saturated rings. The highest BCUT2D eigenvalue weighted by molar-refractivity contribution is 5.81. The Bertz CT molecular complexity index is 531. The zero-order chi connectivity index (χ0) is 15.5. The molecule has 1 aromatic rings. The molecule has 120 valence electrons. The van der Waals surface area contributed by atoms with Gasteiger partial charge in [0.1, 0.15) is 0 Å². The van der Waals surface area contributed by atoms with Gasteiger partial charge in [0.25, 0.3) is 0 Å². The monoisotopic (exact) mass is 301 g/mol. The average Bonchev–Trinajstić information content (AvgIpc) is 2.53. The standard InChI is InChI=1S/C18H27N3O/c1-13-11-17(7-9-19-13)20-18(22)14(2)21-10-8-15-5-3-4-6-16(15)12-21/h3-6,13-14,17,19H,7-12H2,1-2H3,(H,20,22). The van der Waals surface area contributed by atoms with E-state index < -0.39 is 0 Å². The molecular weight excluding hydrogens is 274 g/mol. The number of amides is 1. The molecular formula is C18H27N3O. The van der Waals surface area contributed by atoms with E-state index in [2.05, 4.69) is 46.7 Å². The maximum Gasteiger partial charge on any atom is 0.237 e. The van der Waals surface area contributed by atoms with Gasteiger partial charge >= 0.3 is 0 Å². The van der Waals surface area contributed by atoms with Gasteiger partial charge in [-0.2, -0.15) is 0 Å². The van der Waals surface area contributed by atoms with E-state index in [1.54, 1.807) is 0 Å². The van der Waals surface area contributed by atoms with E-state index in [-0.39, 0.29) is 11.9 Å². The zero-order valence-electron chi connectivity index (χ0n) is 13.6. The lowest BCUT2D eigenvalue weighted by Gasteiger charge is -2.35. The number of rotatable bonds is 3. The first kappa shape index (κ1) is 15.5. The van der Waals surface area contributed by atoms with E-state index in [1.165, 1.54) is 11.1 Å². The molecule has 1 aromatic carbocycles. The molecule has 3 unspecified atom stereocenters. The first-order valence-electron chi connectivity index (χ1n) is 8.48. The van der Waals surface area contributed by atoms with Gasteiger partial charge in [0, 0.05) is 25.2 Å². The van der Waals surface area contributed by atoms with Crippen molar-refractivity contribution in [2.45, 2.75) is 57.8 Å². The van der Waals surface area contributed by atoms with Crippen LogP contribution in [0, 0.1) is 0 Å². The molecule has 4 nitrogen and oxygen atoms in total. The highest BCUT2D eigenvalue weighted by Crippen LogP contribution is 2.20. The van der Waals surface area contributed by atoms with Crippen molar-refractivity contribution in [3.63, 3.8) is 0 Å². The Labute approximate surface area is 133 Å². The topological polar surface area (TPSA) is 44.4 Å². The Hall–Kier alpha value is -1.39. The van der Waals surface area contributed by atoms with Crippen LogP contribution in [0.25, 0.3) is 0 Å². The molecule has 2 N–H and O–H groups in total. The summed E-state index contributed by atoms with van der Waals surface area (Å²) in [5.74, 6) is 0.179. The smallest absolute Gasteiger partial charge is 0.237 e. The second-order valence-electron chi connectivity index (χ2n) is 6.75. The lowest BCUT2D eigenvalue weighted by atomic mass is 9.98. The Kier molecular flexibility index (Phi) is 4.79. The lowest BCUT2D eigenvalue weighted by Crippen LogP contribution is -2.52. The molecule has 3 rings (SSSR count). The summed E-state index contributed by atoms with van der Waals surface area (Å²) in [6.07, 6.45) is 3.10. The number of hydrogen-bond acceptors (Lipinski definition) is 3. The minimum absolute atomic E-state index is 0.0569. The predicted molar refractivity (Wildman–Crippen MR) is 88.6 cm³/mol. The summed E-state index contributed by atoms with van der Waals surface area (Å²) in [6, 6.07) is 9.33. The summed E-state index contributed by atoms with van der Waals surface area (Å²) in [7, 11) is 0. The molecule has 0 saturated carbocycles. The SMILES string of the molecule is CC1CC(NC(=O)C(C)N2CCc3ccccc3C2)CCN1. The van der Waals surface area contributed by atoms with E-state index in [1.807, 2.05) is 6.92 Å². The van der Waals surface area contributed by atoms with Crippen molar-refractivity contribution in [1.82, 2.24) is 15.5 Å². The van der Waals surface area contributed by atoms with Gasteiger partial charge < -0.3 is 10.6 Å². The van der Waals surface area contributed by atoms with Gasteiger partial charge in [-0.1, -0.05) is 24.3 Å². The van der Waals surface area contributed by atoms with Crippen molar-refractivity contribution in [2.75, 3.05) is 13.1 Å². The van der Waals surface area contributed by atoms with E-state index in [0.717, 1.165) is 38.9 Å². The molecule has 0 bridgehead atoms. The molecule has 0 radical (unpaired) electrons. The highest BCUT2D eigenvalue weighted by atomic mass is 16.2. The van der Waals surface area contributed by atoms with Gasteiger partial charge in [0.2, 0.25) is 5.91 Å². The van der Waals surface area contributed by atoms with Gasteiger partial charge in [-0.3, -0.25) is 9.69 Å². The highest BCUT2D eigenvalue weighted by Gasteiger charge is 2.27. The van der Waals surface area contributed by atoms with Crippen LogP contribution in [0.4, 0.5) is 0 Å². The fourth-order valence-electron chi connectivity index (χ4n) is 3.60. The van der Waals surface area contributed by atoms with Gasteiger partial charge in [0.15, 0.2) is 0 Å². The number of nitrogens with one attached hydrogen (secondary N) is 2. The number of nitrogens with zero attached hydrogens (tertiary/aromatic N) is 1. The molecule has 0 spiro atoms. The van der Waals surface area contributed by atoms with Crippen molar-refractivity contribution < 1.29 is 4.79 Å². The van der Waals surface area contributed by atoms with Crippen LogP contribution >= 0.6 is 0 Å². The number of hydrogen-bond donors (Lipinski definition) is 2. The third-order valence-corrected chi connectivity index (χ3v) is 5.06. The van der Waals surface area contributed by atoms with Crippen molar-refractivity contribution in [3.05, 3.63) is 35.4 Å². The van der Waals surface area contributed by atoms with Crippen molar-refractivity contribution in [1.29, 1.82) is 0 Å².